The third kappa shape index (κ3) is 6.07. The molecule has 0 atom stereocenters. The largest absolute Gasteiger partial charge is 0.371 e. The van der Waals surface area contributed by atoms with Crippen LogP contribution in [0.25, 0.3) is 23.2 Å². The summed E-state index contributed by atoms with van der Waals surface area (Å²) in [6.45, 7) is 12.1. The number of hydrogen-bond donors (Lipinski definition) is 0. The zero-order valence-electron chi connectivity index (χ0n) is 19.3. The minimum absolute atomic E-state index is 0.521. The highest BCUT2D eigenvalue weighted by atomic mass is 32.1. The van der Waals surface area contributed by atoms with Gasteiger partial charge in [-0.05, 0) is 61.2 Å². The molecular formula is C26H35N3OS. The summed E-state index contributed by atoms with van der Waals surface area (Å²) < 4.78 is 2.34. The summed E-state index contributed by atoms with van der Waals surface area (Å²) in [5, 5.41) is 0. The molecule has 0 saturated heterocycles. The first-order chi connectivity index (χ1) is 15.0. The molecular weight excluding hydrogens is 402 g/mol. The van der Waals surface area contributed by atoms with E-state index in [1.807, 2.05) is 12.1 Å². The number of hydrogen-bond acceptors (Lipinski definition) is 4. The van der Waals surface area contributed by atoms with Gasteiger partial charge < -0.3 is 9.47 Å². The van der Waals surface area contributed by atoms with Crippen LogP contribution in [-0.2, 0) is 6.54 Å². The van der Waals surface area contributed by atoms with Crippen LogP contribution in [0.5, 0.6) is 0 Å². The monoisotopic (exact) mass is 437 g/mol. The highest BCUT2D eigenvalue weighted by Gasteiger charge is 2.13. The lowest BCUT2D eigenvalue weighted by Crippen LogP contribution is -2.25. The van der Waals surface area contributed by atoms with E-state index in [0.717, 1.165) is 47.0 Å². The van der Waals surface area contributed by atoms with E-state index in [1.54, 1.807) is 0 Å². The number of unbranched alkanes of at least 4 members (excludes halogenated alkanes) is 2. The molecule has 3 aromatic rings. The Kier molecular flexibility index (Phi) is 8.47. The van der Waals surface area contributed by atoms with Gasteiger partial charge in [0, 0.05) is 30.2 Å². The van der Waals surface area contributed by atoms with E-state index >= 15 is 0 Å². The molecule has 0 aliphatic rings. The Balaban J connectivity index is 1.98. The first-order valence-corrected chi connectivity index (χ1v) is 12.4. The maximum atomic E-state index is 11.0. The van der Waals surface area contributed by atoms with Crippen molar-refractivity contribution in [2.45, 2.75) is 59.9 Å². The van der Waals surface area contributed by atoms with Crippen molar-refractivity contribution in [1.82, 2.24) is 9.55 Å². The second-order valence-corrected chi connectivity index (χ2v) is 9.68. The van der Waals surface area contributed by atoms with Crippen LogP contribution in [0.15, 0.2) is 30.3 Å². The number of carbonyl (C=O) groups excluding carboxylic acids is 1. The van der Waals surface area contributed by atoms with Crippen LogP contribution in [0.1, 0.15) is 73.8 Å². The standard InChI is InChI=1S/C26H35N3OS/c1-5-7-15-28(16-8-6-2)21-9-13-24-25(17-21)29(18-20(3)4)26(27-24)14-12-22-10-11-23(19-30)31-22/h9-14,17,19-20H,5-8,15-16,18H2,1-4H3/b14-12+. The zero-order chi connectivity index (χ0) is 22.2. The third-order valence-electron chi connectivity index (χ3n) is 5.40. The molecule has 0 radical (unpaired) electrons. The van der Waals surface area contributed by atoms with Crippen molar-refractivity contribution in [3.63, 3.8) is 0 Å². The zero-order valence-corrected chi connectivity index (χ0v) is 20.1. The Hall–Kier alpha value is -2.40. The van der Waals surface area contributed by atoms with E-state index in [2.05, 4.69) is 67.5 Å². The molecule has 0 amide bonds. The smallest absolute Gasteiger partial charge is 0.160 e. The number of aldehydes is 1. The minimum Gasteiger partial charge on any atom is -0.371 e. The molecule has 0 N–H and O–H groups in total. The summed E-state index contributed by atoms with van der Waals surface area (Å²) in [7, 11) is 0. The van der Waals surface area contributed by atoms with E-state index in [1.165, 1.54) is 48.2 Å². The molecule has 31 heavy (non-hydrogen) atoms. The van der Waals surface area contributed by atoms with Crippen molar-refractivity contribution in [2.24, 2.45) is 5.92 Å². The van der Waals surface area contributed by atoms with Crippen molar-refractivity contribution >= 4 is 46.5 Å². The molecule has 0 aliphatic carbocycles. The van der Waals surface area contributed by atoms with Crippen LogP contribution in [0.4, 0.5) is 5.69 Å². The second-order valence-electron chi connectivity index (χ2n) is 8.53. The van der Waals surface area contributed by atoms with Gasteiger partial charge in [0.1, 0.15) is 5.82 Å². The fourth-order valence-electron chi connectivity index (χ4n) is 3.76. The molecule has 4 nitrogen and oxygen atoms in total. The Bertz CT molecular complexity index is 1010. The molecule has 0 saturated carbocycles. The number of aromatic nitrogens is 2. The lowest BCUT2D eigenvalue weighted by atomic mass is 10.2. The average Bonchev–Trinajstić information content (AvgIpc) is 3.36. The van der Waals surface area contributed by atoms with Gasteiger partial charge in [-0.1, -0.05) is 40.5 Å². The van der Waals surface area contributed by atoms with Crippen molar-refractivity contribution < 1.29 is 4.79 Å². The van der Waals surface area contributed by atoms with Crippen molar-refractivity contribution in [2.75, 3.05) is 18.0 Å². The number of rotatable bonds is 12. The van der Waals surface area contributed by atoms with Crippen LogP contribution in [0.3, 0.4) is 0 Å². The first-order valence-electron chi connectivity index (χ1n) is 11.5. The number of thiophene rings is 1. The number of benzene rings is 1. The molecule has 2 aromatic heterocycles. The number of carbonyl (C=O) groups is 1. The van der Waals surface area contributed by atoms with E-state index in [9.17, 15) is 4.79 Å². The summed E-state index contributed by atoms with van der Waals surface area (Å²) in [5.41, 5.74) is 3.53. The van der Waals surface area contributed by atoms with Crippen molar-refractivity contribution in [3.05, 3.63) is 45.9 Å². The maximum Gasteiger partial charge on any atom is 0.160 e. The lowest BCUT2D eigenvalue weighted by Gasteiger charge is -2.25. The van der Waals surface area contributed by atoms with Crippen LogP contribution < -0.4 is 4.90 Å². The normalized spacial score (nSPS) is 11.8. The SMILES string of the molecule is CCCCN(CCCC)c1ccc2nc(/C=C/c3ccc(C=O)s3)n(CC(C)C)c2c1. The van der Waals surface area contributed by atoms with Crippen LogP contribution in [0, 0.1) is 5.92 Å². The number of nitrogens with zero attached hydrogens (tertiary/aromatic N) is 3. The predicted molar refractivity (Wildman–Crippen MR) is 135 cm³/mol. The Labute approximate surface area is 190 Å². The molecule has 166 valence electrons. The van der Waals surface area contributed by atoms with Gasteiger partial charge in [-0.2, -0.15) is 0 Å². The number of anilines is 1. The van der Waals surface area contributed by atoms with Crippen LogP contribution in [-0.4, -0.2) is 28.9 Å². The van der Waals surface area contributed by atoms with Crippen molar-refractivity contribution in [3.8, 4) is 0 Å². The van der Waals surface area contributed by atoms with Gasteiger partial charge in [-0.25, -0.2) is 4.98 Å². The molecule has 3 rings (SSSR count). The molecule has 5 heteroatoms. The van der Waals surface area contributed by atoms with E-state index in [4.69, 9.17) is 4.98 Å². The van der Waals surface area contributed by atoms with E-state index in [-0.39, 0.29) is 0 Å². The quantitative estimate of drug-likeness (QED) is 0.283. The lowest BCUT2D eigenvalue weighted by molar-refractivity contribution is 0.112. The summed E-state index contributed by atoms with van der Waals surface area (Å²) in [6.07, 6.45) is 9.88. The Morgan fingerprint density at radius 2 is 1.74 bits per heavy atom. The molecule has 0 aliphatic heterocycles. The Morgan fingerprint density at radius 3 is 2.35 bits per heavy atom. The van der Waals surface area contributed by atoms with E-state index < -0.39 is 0 Å². The van der Waals surface area contributed by atoms with E-state index in [0.29, 0.717) is 5.92 Å². The molecule has 2 heterocycles. The third-order valence-corrected chi connectivity index (χ3v) is 6.37. The number of fused-ring (bicyclic) bond motifs is 1. The molecule has 0 bridgehead atoms. The average molecular weight is 438 g/mol. The van der Waals surface area contributed by atoms with Crippen LogP contribution >= 0.6 is 11.3 Å². The van der Waals surface area contributed by atoms with Gasteiger partial charge in [-0.3, -0.25) is 4.79 Å². The van der Waals surface area contributed by atoms with Gasteiger partial charge in [-0.15, -0.1) is 11.3 Å². The van der Waals surface area contributed by atoms with Gasteiger partial charge in [0.05, 0.1) is 15.9 Å². The summed E-state index contributed by atoms with van der Waals surface area (Å²) in [6, 6.07) is 10.6. The fourth-order valence-corrected chi connectivity index (χ4v) is 4.49. The second kappa shape index (κ2) is 11.3. The minimum atomic E-state index is 0.521. The topological polar surface area (TPSA) is 38.1 Å². The summed E-state index contributed by atoms with van der Waals surface area (Å²) in [5.74, 6) is 1.49. The van der Waals surface area contributed by atoms with Crippen molar-refractivity contribution in [1.29, 1.82) is 0 Å². The van der Waals surface area contributed by atoms with Crippen LogP contribution in [0.2, 0.25) is 0 Å². The first kappa shape index (κ1) is 23.3. The van der Waals surface area contributed by atoms with Gasteiger partial charge in [0.25, 0.3) is 0 Å². The number of imidazole rings is 1. The fraction of sp³-hybridized carbons (Fsp3) is 0.462. The Morgan fingerprint density at radius 1 is 1.03 bits per heavy atom. The summed E-state index contributed by atoms with van der Waals surface area (Å²) >= 11 is 1.50. The predicted octanol–water partition coefficient (Wildman–Crippen LogP) is 7.14. The van der Waals surface area contributed by atoms with Gasteiger partial charge in [0.15, 0.2) is 6.29 Å². The highest BCUT2D eigenvalue weighted by molar-refractivity contribution is 7.14. The highest BCUT2D eigenvalue weighted by Crippen LogP contribution is 2.26. The molecule has 0 fully saturated rings. The molecule has 0 spiro atoms. The van der Waals surface area contributed by atoms with Gasteiger partial charge >= 0.3 is 0 Å². The molecule has 1 aromatic carbocycles. The van der Waals surface area contributed by atoms with Gasteiger partial charge in [0.2, 0.25) is 0 Å². The maximum absolute atomic E-state index is 11.0. The molecule has 0 unspecified atom stereocenters. The summed E-state index contributed by atoms with van der Waals surface area (Å²) in [4.78, 5) is 20.2.